The lowest BCUT2D eigenvalue weighted by Crippen LogP contribution is -2.51. The fraction of sp³-hybridized carbons (Fsp3) is 0.409. The number of carbonyl (C=O) groups excluding carboxylic acids is 1. The third-order valence-corrected chi connectivity index (χ3v) is 5.31. The molecular weight excluding hydrogens is 338 g/mol. The highest BCUT2D eigenvalue weighted by atomic mass is 16.5. The van der Waals surface area contributed by atoms with E-state index in [4.69, 9.17) is 4.74 Å². The van der Waals surface area contributed by atoms with Crippen LogP contribution in [-0.4, -0.2) is 50.6 Å². The van der Waals surface area contributed by atoms with Crippen molar-refractivity contribution in [3.63, 3.8) is 0 Å². The van der Waals surface area contributed by atoms with Gasteiger partial charge >= 0.3 is 0 Å². The van der Waals surface area contributed by atoms with Gasteiger partial charge in [0.1, 0.15) is 5.75 Å². The summed E-state index contributed by atoms with van der Waals surface area (Å²) < 4.78 is 5.16. The number of hydrogen-bond acceptors (Lipinski definition) is 4. The van der Waals surface area contributed by atoms with Crippen molar-refractivity contribution in [2.24, 2.45) is 0 Å². The number of anilines is 1. The van der Waals surface area contributed by atoms with Crippen molar-refractivity contribution in [1.29, 1.82) is 0 Å². The number of nitrogens with zero attached hydrogens (tertiary/aromatic N) is 2. The Bertz CT molecular complexity index is 766. The maximum atomic E-state index is 12.5. The van der Waals surface area contributed by atoms with E-state index < -0.39 is 0 Å². The summed E-state index contributed by atoms with van der Waals surface area (Å²) in [5, 5.41) is 3.25. The minimum Gasteiger partial charge on any atom is -0.497 e. The van der Waals surface area contributed by atoms with E-state index in [1.54, 1.807) is 7.11 Å². The van der Waals surface area contributed by atoms with Crippen LogP contribution >= 0.6 is 0 Å². The van der Waals surface area contributed by atoms with Crippen molar-refractivity contribution in [2.75, 3.05) is 44.7 Å². The molecule has 0 atom stereocenters. The van der Waals surface area contributed by atoms with Crippen LogP contribution < -0.4 is 15.0 Å². The van der Waals surface area contributed by atoms with E-state index in [1.165, 1.54) is 16.8 Å². The highest BCUT2D eigenvalue weighted by Gasteiger charge is 2.21. The Morgan fingerprint density at radius 2 is 1.74 bits per heavy atom. The molecule has 1 aliphatic rings. The zero-order valence-electron chi connectivity index (χ0n) is 16.5. The summed E-state index contributed by atoms with van der Waals surface area (Å²) in [5.41, 5.74) is 5.08. The SMILES string of the molecule is COc1ccc(CNCC(=O)N2CCN(c3cccc(C)c3C)CC2)cc1. The van der Waals surface area contributed by atoms with Gasteiger partial charge in [0.25, 0.3) is 0 Å². The van der Waals surface area contributed by atoms with E-state index in [1.807, 2.05) is 29.2 Å². The average Bonchev–Trinajstić information content (AvgIpc) is 2.70. The van der Waals surface area contributed by atoms with E-state index in [-0.39, 0.29) is 5.91 Å². The van der Waals surface area contributed by atoms with Crippen molar-refractivity contribution >= 4 is 11.6 Å². The van der Waals surface area contributed by atoms with E-state index in [0.29, 0.717) is 13.1 Å². The average molecular weight is 367 g/mol. The lowest BCUT2D eigenvalue weighted by molar-refractivity contribution is -0.130. The first-order valence-electron chi connectivity index (χ1n) is 9.51. The van der Waals surface area contributed by atoms with Crippen LogP contribution in [0.2, 0.25) is 0 Å². The highest BCUT2D eigenvalue weighted by molar-refractivity contribution is 5.78. The first kappa shape index (κ1) is 19.2. The predicted octanol–water partition coefficient (Wildman–Crippen LogP) is 2.75. The zero-order valence-corrected chi connectivity index (χ0v) is 16.5. The molecule has 1 amide bonds. The molecule has 1 saturated heterocycles. The second-order valence-corrected chi connectivity index (χ2v) is 7.04. The van der Waals surface area contributed by atoms with Crippen molar-refractivity contribution in [1.82, 2.24) is 10.2 Å². The standard InChI is InChI=1S/C22H29N3O2/c1-17-5-4-6-21(18(17)2)24-11-13-25(14-12-24)22(26)16-23-15-19-7-9-20(27-3)10-8-19/h4-10,23H,11-16H2,1-3H3. The Morgan fingerprint density at radius 3 is 2.41 bits per heavy atom. The maximum Gasteiger partial charge on any atom is 0.236 e. The Kier molecular flexibility index (Phi) is 6.35. The molecule has 0 unspecified atom stereocenters. The lowest BCUT2D eigenvalue weighted by Gasteiger charge is -2.37. The summed E-state index contributed by atoms with van der Waals surface area (Å²) in [6.45, 7) is 8.68. The van der Waals surface area contributed by atoms with Gasteiger partial charge in [0.15, 0.2) is 0 Å². The molecule has 0 saturated carbocycles. The third kappa shape index (κ3) is 4.80. The molecule has 1 heterocycles. The second kappa shape index (κ2) is 8.91. The number of aryl methyl sites for hydroxylation is 1. The number of rotatable bonds is 6. The molecule has 2 aromatic carbocycles. The molecule has 27 heavy (non-hydrogen) atoms. The molecule has 144 valence electrons. The molecule has 5 heteroatoms. The number of carbonyl (C=O) groups is 1. The van der Waals surface area contributed by atoms with E-state index in [9.17, 15) is 4.79 Å². The molecule has 5 nitrogen and oxygen atoms in total. The second-order valence-electron chi connectivity index (χ2n) is 7.04. The number of ether oxygens (including phenoxy) is 1. The van der Waals surface area contributed by atoms with Crippen LogP contribution in [0.15, 0.2) is 42.5 Å². The first-order chi connectivity index (χ1) is 13.1. The molecule has 3 rings (SSSR count). The number of hydrogen-bond donors (Lipinski definition) is 1. The van der Waals surface area contributed by atoms with E-state index >= 15 is 0 Å². The normalized spacial score (nSPS) is 14.3. The van der Waals surface area contributed by atoms with Crippen LogP contribution in [0.25, 0.3) is 0 Å². The van der Waals surface area contributed by atoms with Crippen molar-refractivity contribution in [2.45, 2.75) is 20.4 Å². The fourth-order valence-corrected chi connectivity index (χ4v) is 3.44. The molecule has 2 aromatic rings. The highest BCUT2D eigenvalue weighted by Crippen LogP contribution is 2.23. The summed E-state index contributed by atoms with van der Waals surface area (Å²) in [6, 6.07) is 14.3. The molecular formula is C22H29N3O2. The van der Waals surface area contributed by atoms with Gasteiger partial charge in [0.2, 0.25) is 5.91 Å². The van der Waals surface area contributed by atoms with Gasteiger partial charge in [-0.2, -0.15) is 0 Å². The van der Waals surface area contributed by atoms with Gasteiger partial charge in [-0.25, -0.2) is 0 Å². The Labute approximate surface area is 161 Å². The van der Waals surface area contributed by atoms with Gasteiger partial charge in [0.05, 0.1) is 13.7 Å². The Balaban J connectivity index is 1.45. The summed E-state index contributed by atoms with van der Waals surface area (Å²) >= 11 is 0. The Morgan fingerprint density at radius 1 is 1.04 bits per heavy atom. The molecule has 0 radical (unpaired) electrons. The van der Waals surface area contributed by atoms with Crippen LogP contribution in [0.1, 0.15) is 16.7 Å². The molecule has 1 N–H and O–H groups in total. The number of benzene rings is 2. The summed E-state index contributed by atoms with van der Waals surface area (Å²) in [4.78, 5) is 16.8. The number of amides is 1. The minimum absolute atomic E-state index is 0.170. The van der Waals surface area contributed by atoms with Crippen molar-refractivity contribution < 1.29 is 9.53 Å². The molecule has 0 spiro atoms. The maximum absolute atomic E-state index is 12.5. The van der Waals surface area contributed by atoms with Crippen LogP contribution in [0.5, 0.6) is 5.75 Å². The quantitative estimate of drug-likeness (QED) is 0.853. The number of piperazine rings is 1. The topological polar surface area (TPSA) is 44.8 Å². The van der Waals surface area contributed by atoms with Crippen molar-refractivity contribution in [3.05, 3.63) is 59.2 Å². The fourth-order valence-electron chi connectivity index (χ4n) is 3.44. The number of nitrogens with one attached hydrogen (secondary N) is 1. The summed E-state index contributed by atoms with van der Waals surface area (Å²) in [5.74, 6) is 1.01. The smallest absolute Gasteiger partial charge is 0.236 e. The van der Waals surface area contributed by atoms with E-state index in [2.05, 4.69) is 42.3 Å². The van der Waals surface area contributed by atoms with Crippen LogP contribution in [0, 0.1) is 13.8 Å². The predicted molar refractivity (Wildman–Crippen MR) is 109 cm³/mol. The van der Waals surface area contributed by atoms with Gasteiger partial charge in [-0.15, -0.1) is 0 Å². The van der Waals surface area contributed by atoms with Crippen molar-refractivity contribution in [3.8, 4) is 5.75 Å². The van der Waals surface area contributed by atoms with Gasteiger partial charge in [-0.3, -0.25) is 4.79 Å². The first-order valence-corrected chi connectivity index (χ1v) is 9.51. The zero-order chi connectivity index (χ0) is 19.2. The van der Waals surface area contributed by atoms with Gasteiger partial charge < -0.3 is 19.9 Å². The summed E-state index contributed by atoms with van der Waals surface area (Å²) in [6.07, 6.45) is 0. The molecule has 0 aliphatic carbocycles. The van der Waals surface area contributed by atoms with Crippen LogP contribution in [0.4, 0.5) is 5.69 Å². The largest absolute Gasteiger partial charge is 0.497 e. The minimum atomic E-state index is 0.170. The summed E-state index contributed by atoms with van der Waals surface area (Å²) in [7, 11) is 1.66. The van der Waals surface area contributed by atoms with Gasteiger partial charge in [-0.05, 0) is 48.7 Å². The Hall–Kier alpha value is -2.53. The lowest BCUT2D eigenvalue weighted by atomic mass is 10.1. The molecule has 1 aliphatic heterocycles. The monoisotopic (exact) mass is 367 g/mol. The van der Waals surface area contributed by atoms with Crippen LogP contribution in [0.3, 0.4) is 0 Å². The third-order valence-electron chi connectivity index (χ3n) is 5.31. The molecule has 0 bridgehead atoms. The molecule has 0 aromatic heterocycles. The van der Waals surface area contributed by atoms with Gasteiger partial charge in [0, 0.05) is 38.4 Å². The van der Waals surface area contributed by atoms with E-state index in [0.717, 1.165) is 37.5 Å². The number of methoxy groups -OCH3 is 1. The molecule has 1 fully saturated rings. The van der Waals surface area contributed by atoms with Gasteiger partial charge in [-0.1, -0.05) is 24.3 Å². The van der Waals surface area contributed by atoms with Crippen LogP contribution in [-0.2, 0) is 11.3 Å².